The van der Waals surface area contributed by atoms with E-state index in [4.69, 9.17) is 0 Å². The van der Waals surface area contributed by atoms with Crippen LogP contribution in [0, 0.1) is 27.7 Å². The van der Waals surface area contributed by atoms with Crippen LogP contribution in [0.5, 0.6) is 11.5 Å². The van der Waals surface area contributed by atoms with Gasteiger partial charge in [-0.2, -0.15) is 0 Å². The quantitative estimate of drug-likeness (QED) is 0.492. The fraction of sp³-hybridized carbons (Fsp3) is 0.200. The van der Waals surface area contributed by atoms with Crippen LogP contribution in [0.1, 0.15) is 22.3 Å². The maximum atomic E-state index is 10.8. The van der Waals surface area contributed by atoms with Crippen molar-refractivity contribution in [2.75, 3.05) is 0 Å². The van der Waals surface area contributed by atoms with Crippen LogP contribution in [0.25, 0.3) is 34.7 Å². The Morgan fingerprint density at radius 1 is 0.682 bits per heavy atom. The first-order valence-corrected chi connectivity index (χ1v) is 7.31. The summed E-state index contributed by atoms with van der Waals surface area (Å²) < 4.78 is 0. The van der Waals surface area contributed by atoms with Gasteiger partial charge in [-0.1, -0.05) is 13.2 Å². The minimum Gasteiger partial charge on any atom is -0.507 e. The number of phenols is 2. The van der Waals surface area contributed by atoms with Crippen molar-refractivity contribution in [2.24, 2.45) is 0 Å². The van der Waals surface area contributed by atoms with Crippen molar-refractivity contribution in [3.05, 3.63) is 44.8 Å². The summed E-state index contributed by atoms with van der Waals surface area (Å²) in [6.45, 7) is 16.1. The highest BCUT2D eigenvalue weighted by molar-refractivity contribution is 6.11. The average molecular weight is 292 g/mol. The third-order valence-corrected chi connectivity index (χ3v) is 4.94. The molecule has 0 aliphatic rings. The molecule has 0 aliphatic heterocycles. The Hall–Kier alpha value is -2.48. The Morgan fingerprint density at radius 3 is 1.32 bits per heavy atom. The van der Waals surface area contributed by atoms with Crippen molar-refractivity contribution in [1.29, 1.82) is 0 Å². The molecular weight excluding hydrogens is 272 g/mol. The van der Waals surface area contributed by atoms with E-state index >= 15 is 0 Å². The Bertz CT molecular complexity index is 972. The molecule has 0 aromatic heterocycles. The van der Waals surface area contributed by atoms with E-state index in [1.54, 1.807) is 0 Å². The largest absolute Gasteiger partial charge is 0.507 e. The summed E-state index contributed by atoms with van der Waals surface area (Å²) >= 11 is 0. The first-order chi connectivity index (χ1) is 10.3. The lowest BCUT2D eigenvalue weighted by molar-refractivity contribution is 0.478. The van der Waals surface area contributed by atoms with Crippen LogP contribution in [-0.2, 0) is 0 Å². The van der Waals surface area contributed by atoms with Crippen LogP contribution in [0.2, 0.25) is 0 Å². The summed E-state index contributed by atoms with van der Waals surface area (Å²) in [6.07, 6.45) is 0. The summed E-state index contributed by atoms with van der Waals surface area (Å²) in [6, 6.07) is 3.81. The predicted octanol–water partition coefficient (Wildman–Crippen LogP) is 3.46. The number of rotatable bonds is 0. The van der Waals surface area contributed by atoms with Gasteiger partial charge in [-0.25, -0.2) is 0 Å². The monoisotopic (exact) mass is 292 g/mol. The van der Waals surface area contributed by atoms with E-state index in [1.165, 1.54) is 0 Å². The first kappa shape index (κ1) is 14.5. The molecule has 0 aliphatic carbocycles. The molecule has 3 rings (SSSR count). The van der Waals surface area contributed by atoms with E-state index in [-0.39, 0.29) is 11.5 Å². The van der Waals surface area contributed by atoms with Crippen LogP contribution >= 0.6 is 0 Å². The van der Waals surface area contributed by atoms with Gasteiger partial charge in [0.1, 0.15) is 11.5 Å². The highest BCUT2D eigenvalue weighted by Gasteiger charge is 2.17. The number of aryl methyl sites for hydroxylation is 2. The molecule has 2 heteroatoms. The van der Waals surface area contributed by atoms with E-state index in [9.17, 15) is 10.2 Å². The summed E-state index contributed by atoms with van der Waals surface area (Å²) in [5.41, 5.74) is 4.14. The molecule has 0 atom stereocenters. The molecule has 0 spiro atoms. The van der Waals surface area contributed by atoms with E-state index < -0.39 is 0 Å². The third-order valence-electron chi connectivity index (χ3n) is 4.94. The number of hydrogen-bond donors (Lipinski definition) is 2. The molecular formula is C20H20O2. The molecule has 22 heavy (non-hydrogen) atoms. The van der Waals surface area contributed by atoms with Crippen LogP contribution in [-0.4, -0.2) is 10.2 Å². The van der Waals surface area contributed by atoms with Gasteiger partial charge in [-0.05, 0) is 72.5 Å². The third kappa shape index (κ3) is 1.67. The molecule has 112 valence electrons. The number of hydrogen-bond acceptors (Lipinski definition) is 2. The highest BCUT2D eigenvalue weighted by Crippen LogP contribution is 2.39. The molecule has 3 aromatic rings. The molecule has 0 unspecified atom stereocenters. The molecule has 3 aromatic carbocycles. The summed E-state index contributed by atoms with van der Waals surface area (Å²) in [7, 11) is 0. The number of benzene rings is 3. The zero-order valence-electron chi connectivity index (χ0n) is 13.5. The van der Waals surface area contributed by atoms with Gasteiger partial charge in [-0.3, -0.25) is 0 Å². The molecule has 0 fully saturated rings. The second kappa shape index (κ2) is 4.51. The Morgan fingerprint density at radius 2 is 1.00 bits per heavy atom. The van der Waals surface area contributed by atoms with Crippen LogP contribution in [0.4, 0.5) is 0 Å². The van der Waals surface area contributed by atoms with Crippen molar-refractivity contribution >= 4 is 34.7 Å². The fourth-order valence-electron chi connectivity index (χ4n) is 3.15. The normalized spacial score (nSPS) is 11.5. The van der Waals surface area contributed by atoms with Gasteiger partial charge in [0, 0.05) is 21.5 Å². The van der Waals surface area contributed by atoms with Crippen molar-refractivity contribution in [2.45, 2.75) is 27.7 Å². The SMILES string of the molecule is C=c1c(C)c(C)cc2c(O)c3c(=C)c(C)c(C)cc3c(O)c12. The zero-order valence-corrected chi connectivity index (χ0v) is 13.5. The van der Waals surface area contributed by atoms with Gasteiger partial charge in [0.2, 0.25) is 0 Å². The molecule has 0 saturated heterocycles. The van der Waals surface area contributed by atoms with Gasteiger partial charge in [0.15, 0.2) is 0 Å². The maximum Gasteiger partial charge on any atom is 0.132 e. The van der Waals surface area contributed by atoms with Crippen molar-refractivity contribution < 1.29 is 10.2 Å². The molecule has 0 radical (unpaired) electrons. The molecule has 0 bridgehead atoms. The minimum atomic E-state index is 0.170. The summed E-state index contributed by atoms with van der Waals surface area (Å²) in [4.78, 5) is 0. The standard InChI is InChI=1S/C20H20O2/c1-9-7-15-17(13(5)11(9)3)20(22)16-8-10(2)12(4)14(6)18(16)19(15)21/h7-8,21-22H,5-6H2,1-4H3. The molecule has 0 amide bonds. The van der Waals surface area contributed by atoms with E-state index in [0.29, 0.717) is 21.5 Å². The van der Waals surface area contributed by atoms with Crippen molar-refractivity contribution in [3.63, 3.8) is 0 Å². The van der Waals surface area contributed by atoms with Gasteiger partial charge >= 0.3 is 0 Å². The fourth-order valence-corrected chi connectivity index (χ4v) is 3.15. The lowest BCUT2D eigenvalue weighted by Gasteiger charge is -2.15. The van der Waals surface area contributed by atoms with Gasteiger partial charge in [0.05, 0.1) is 0 Å². The average Bonchev–Trinajstić information content (AvgIpc) is 2.47. The zero-order chi connectivity index (χ0) is 16.3. The van der Waals surface area contributed by atoms with Crippen molar-refractivity contribution in [3.8, 4) is 11.5 Å². The van der Waals surface area contributed by atoms with E-state index in [1.807, 2.05) is 39.8 Å². The van der Waals surface area contributed by atoms with Crippen LogP contribution in [0.15, 0.2) is 12.1 Å². The predicted molar refractivity (Wildman–Crippen MR) is 94.0 cm³/mol. The smallest absolute Gasteiger partial charge is 0.132 e. The Labute approximate surface area is 129 Å². The van der Waals surface area contributed by atoms with Gasteiger partial charge in [0.25, 0.3) is 0 Å². The number of aromatic hydroxyl groups is 2. The lowest BCUT2D eigenvalue weighted by Crippen LogP contribution is -2.11. The Kier molecular flexibility index (Phi) is 2.96. The van der Waals surface area contributed by atoms with Crippen LogP contribution in [0.3, 0.4) is 0 Å². The summed E-state index contributed by atoms with van der Waals surface area (Å²) in [5.74, 6) is 0.341. The van der Waals surface area contributed by atoms with Gasteiger partial charge in [-0.15, -0.1) is 0 Å². The molecule has 0 saturated carbocycles. The highest BCUT2D eigenvalue weighted by atomic mass is 16.3. The maximum absolute atomic E-state index is 10.8. The second-order valence-electron chi connectivity index (χ2n) is 6.14. The number of fused-ring (bicyclic) bond motifs is 2. The second-order valence-corrected chi connectivity index (χ2v) is 6.14. The Balaban J connectivity index is 2.78. The van der Waals surface area contributed by atoms with Gasteiger partial charge < -0.3 is 10.2 Å². The molecule has 2 N–H and O–H groups in total. The molecule has 0 heterocycles. The minimum absolute atomic E-state index is 0.170. The number of phenolic OH excluding ortho intramolecular Hbond substituents is 2. The van der Waals surface area contributed by atoms with Crippen molar-refractivity contribution in [1.82, 2.24) is 0 Å². The summed E-state index contributed by atoms with van der Waals surface area (Å²) in [5, 5.41) is 25.6. The first-order valence-electron chi connectivity index (χ1n) is 7.31. The topological polar surface area (TPSA) is 40.5 Å². The lowest BCUT2D eigenvalue weighted by atomic mass is 9.92. The van der Waals surface area contributed by atoms with Crippen LogP contribution < -0.4 is 10.4 Å². The molecule has 2 nitrogen and oxygen atoms in total. The van der Waals surface area contributed by atoms with E-state index in [0.717, 1.165) is 32.7 Å². The van der Waals surface area contributed by atoms with E-state index in [2.05, 4.69) is 13.2 Å².